The summed E-state index contributed by atoms with van der Waals surface area (Å²) in [6, 6.07) is 1.51. The average molecular weight is 175 g/mol. The summed E-state index contributed by atoms with van der Waals surface area (Å²) in [5.74, 6) is 0. The zero-order chi connectivity index (χ0) is 8.85. The van der Waals surface area contributed by atoms with Crippen LogP contribution >= 0.6 is 11.6 Å². The second kappa shape index (κ2) is 4.91. The van der Waals surface area contributed by atoms with Gasteiger partial charge < -0.3 is 0 Å². The molecule has 1 N–H and O–H groups in total. The highest BCUT2D eigenvalue weighted by molar-refractivity contribution is 6.29. The van der Waals surface area contributed by atoms with E-state index in [9.17, 15) is 4.79 Å². The van der Waals surface area contributed by atoms with Crippen molar-refractivity contribution in [3.05, 3.63) is 27.1 Å². The molecular formula is C7H11ClN2O. The van der Waals surface area contributed by atoms with Crippen molar-refractivity contribution in [2.45, 2.75) is 20.8 Å². The van der Waals surface area contributed by atoms with Crippen LogP contribution in [0, 0.1) is 6.92 Å². The number of aromatic nitrogens is 2. The first kappa shape index (κ1) is 10.2. The molecule has 4 heteroatoms. The van der Waals surface area contributed by atoms with Gasteiger partial charge in [-0.25, -0.2) is 5.10 Å². The van der Waals surface area contributed by atoms with Crippen molar-refractivity contribution in [2.75, 3.05) is 0 Å². The highest BCUT2D eigenvalue weighted by Gasteiger charge is 1.92. The Morgan fingerprint density at radius 2 is 2.09 bits per heavy atom. The minimum atomic E-state index is -0.195. The molecule has 11 heavy (non-hydrogen) atoms. The van der Waals surface area contributed by atoms with E-state index >= 15 is 0 Å². The maximum Gasteiger partial charge on any atom is 0.267 e. The van der Waals surface area contributed by atoms with Gasteiger partial charge in [-0.3, -0.25) is 4.79 Å². The largest absolute Gasteiger partial charge is 0.268 e. The summed E-state index contributed by atoms with van der Waals surface area (Å²) in [6.45, 7) is 5.67. The van der Waals surface area contributed by atoms with E-state index in [1.807, 2.05) is 13.8 Å². The third kappa shape index (κ3) is 3.18. The zero-order valence-electron chi connectivity index (χ0n) is 6.81. The van der Waals surface area contributed by atoms with E-state index < -0.39 is 0 Å². The van der Waals surface area contributed by atoms with Crippen molar-refractivity contribution in [1.82, 2.24) is 10.2 Å². The van der Waals surface area contributed by atoms with E-state index in [1.54, 1.807) is 6.92 Å². The molecule has 0 fully saturated rings. The van der Waals surface area contributed by atoms with Gasteiger partial charge >= 0.3 is 0 Å². The van der Waals surface area contributed by atoms with Gasteiger partial charge in [0.25, 0.3) is 5.56 Å². The van der Waals surface area contributed by atoms with E-state index in [1.165, 1.54) is 6.07 Å². The minimum Gasteiger partial charge on any atom is -0.268 e. The predicted octanol–water partition coefficient (Wildman–Crippen LogP) is 1.76. The lowest BCUT2D eigenvalue weighted by atomic mass is 10.3. The Hall–Kier alpha value is -0.830. The van der Waals surface area contributed by atoms with Crippen molar-refractivity contribution in [3.8, 4) is 0 Å². The topological polar surface area (TPSA) is 45.8 Å². The molecule has 0 aliphatic heterocycles. The number of hydrogen-bond donors (Lipinski definition) is 1. The quantitative estimate of drug-likeness (QED) is 0.652. The van der Waals surface area contributed by atoms with Crippen molar-refractivity contribution < 1.29 is 0 Å². The molecule has 0 saturated carbocycles. The van der Waals surface area contributed by atoms with E-state index in [-0.39, 0.29) is 5.56 Å². The maximum atomic E-state index is 10.6. The molecule has 0 saturated heterocycles. The number of nitrogens with one attached hydrogen (secondary N) is 1. The zero-order valence-corrected chi connectivity index (χ0v) is 7.57. The highest BCUT2D eigenvalue weighted by atomic mass is 35.5. The molecule has 0 bridgehead atoms. The van der Waals surface area contributed by atoms with Gasteiger partial charge in [-0.15, -0.1) is 0 Å². The standard InChI is InChI=1S/C5H5ClN2O.C2H6/c1-3-2-4(6)7-8-5(3)9;1-2/h2H,1H3,(H,8,9);1-2H3. The molecule has 0 aliphatic carbocycles. The maximum absolute atomic E-state index is 10.6. The third-order valence-corrected chi connectivity index (χ3v) is 1.15. The number of halogens is 1. The molecule has 0 amide bonds. The number of hydrogen-bond acceptors (Lipinski definition) is 2. The first-order valence-electron chi connectivity index (χ1n) is 3.42. The Balaban J connectivity index is 0.000000461. The predicted molar refractivity (Wildman–Crippen MR) is 46.0 cm³/mol. The number of nitrogens with zero attached hydrogens (tertiary/aromatic N) is 1. The molecule has 0 spiro atoms. The van der Waals surface area contributed by atoms with E-state index in [0.717, 1.165) is 0 Å². The average Bonchev–Trinajstić information content (AvgIpc) is 2.02. The van der Waals surface area contributed by atoms with Crippen LogP contribution in [0.4, 0.5) is 0 Å². The molecule has 1 aromatic rings. The minimum absolute atomic E-state index is 0.195. The molecule has 3 nitrogen and oxygen atoms in total. The smallest absolute Gasteiger partial charge is 0.267 e. The van der Waals surface area contributed by atoms with E-state index in [2.05, 4.69) is 10.2 Å². The van der Waals surface area contributed by atoms with Gasteiger partial charge in [-0.05, 0) is 13.0 Å². The van der Waals surface area contributed by atoms with Crippen LogP contribution in [0.3, 0.4) is 0 Å². The van der Waals surface area contributed by atoms with E-state index in [0.29, 0.717) is 10.7 Å². The lowest BCUT2D eigenvalue weighted by molar-refractivity contribution is 0.970. The van der Waals surface area contributed by atoms with Crippen LogP contribution in [0.15, 0.2) is 10.9 Å². The lowest BCUT2D eigenvalue weighted by Crippen LogP contribution is -2.09. The first-order chi connectivity index (χ1) is 5.20. The summed E-state index contributed by atoms with van der Waals surface area (Å²) >= 11 is 5.44. The van der Waals surface area contributed by atoms with Gasteiger partial charge in [0.2, 0.25) is 0 Å². The summed E-state index contributed by atoms with van der Waals surface area (Å²) in [6.07, 6.45) is 0. The molecule has 0 aliphatic rings. The third-order valence-electron chi connectivity index (χ3n) is 0.958. The fraction of sp³-hybridized carbons (Fsp3) is 0.429. The molecule has 0 radical (unpaired) electrons. The number of H-pyrrole nitrogens is 1. The van der Waals surface area contributed by atoms with Gasteiger partial charge in [0.1, 0.15) is 5.15 Å². The number of aryl methyl sites for hydroxylation is 1. The fourth-order valence-corrected chi connectivity index (χ4v) is 0.675. The van der Waals surface area contributed by atoms with Crippen molar-refractivity contribution >= 4 is 11.6 Å². The fourth-order valence-electron chi connectivity index (χ4n) is 0.469. The Morgan fingerprint density at radius 1 is 1.55 bits per heavy atom. The molecule has 1 aromatic heterocycles. The molecule has 1 heterocycles. The van der Waals surface area contributed by atoms with Crippen molar-refractivity contribution in [3.63, 3.8) is 0 Å². The van der Waals surface area contributed by atoms with Gasteiger partial charge in [0.05, 0.1) is 0 Å². The van der Waals surface area contributed by atoms with Crippen LogP contribution in [0.5, 0.6) is 0 Å². The van der Waals surface area contributed by atoms with Crippen LogP contribution in [-0.4, -0.2) is 10.2 Å². The Labute approximate surface area is 70.4 Å². The SMILES string of the molecule is CC.Cc1cc(Cl)n[nH]c1=O. The molecular weight excluding hydrogens is 164 g/mol. The monoisotopic (exact) mass is 174 g/mol. The Bertz CT molecular complexity index is 269. The summed E-state index contributed by atoms with van der Waals surface area (Å²) in [7, 11) is 0. The molecule has 0 aromatic carbocycles. The first-order valence-corrected chi connectivity index (χ1v) is 3.80. The summed E-state index contributed by atoms with van der Waals surface area (Å²) in [4.78, 5) is 10.6. The molecule has 62 valence electrons. The lowest BCUT2D eigenvalue weighted by Gasteiger charge is -1.88. The summed E-state index contributed by atoms with van der Waals surface area (Å²) in [5.41, 5.74) is 0.384. The summed E-state index contributed by atoms with van der Waals surface area (Å²) in [5, 5.41) is 6.01. The van der Waals surface area contributed by atoms with Gasteiger partial charge in [0, 0.05) is 5.56 Å². The normalized spacial score (nSPS) is 8.36. The van der Waals surface area contributed by atoms with Crippen LogP contribution < -0.4 is 5.56 Å². The van der Waals surface area contributed by atoms with Crippen LogP contribution in [0.1, 0.15) is 19.4 Å². The Morgan fingerprint density at radius 3 is 2.45 bits per heavy atom. The Kier molecular flexibility index (Phi) is 4.54. The van der Waals surface area contributed by atoms with E-state index in [4.69, 9.17) is 11.6 Å². The van der Waals surface area contributed by atoms with Gasteiger partial charge in [0.15, 0.2) is 0 Å². The molecule has 0 unspecified atom stereocenters. The van der Waals surface area contributed by atoms with Gasteiger partial charge in [-0.1, -0.05) is 25.4 Å². The number of rotatable bonds is 0. The van der Waals surface area contributed by atoms with Crippen molar-refractivity contribution in [1.29, 1.82) is 0 Å². The second-order valence-corrected chi connectivity index (χ2v) is 2.09. The molecule has 1 rings (SSSR count). The van der Waals surface area contributed by atoms with Crippen LogP contribution in [0.25, 0.3) is 0 Å². The van der Waals surface area contributed by atoms with Gasteiger partial charge in [-0.2, -0.15) is 5.10 Å². The number of aromatic amines is 1. The highest BCUT2D eigenvalue weighted by Crippen LogP contribution is 1.98. The van der Waals surface area contributed by atoms with Crippen molar-refractivity contribution in [2.24, 2.45) is 0 Å². The molecule has 0 atom stereocenters. The van der Waals surface area contributed by atoms with Crippen LogP contribution in [-0.2, 0) is 0 Å². The summed E-state index contributed by atoms with van der Waals surface area (Å²) < 4.78 is 0. The second-order valence-electron chi connectivity index (χ2n) is 1.70. The van der Waals surface area contributed by atoms with Crippen LogP contribution in [0.2, 0.25) is 5.15 Å².